The number of nitrogens with one attached hydrogen (secondary N) is 1. The molecular formula is C20H28N2O5S. The maximum absolute atomic E-state index is 12.9. The SMILES string of the molecule is CCC(CC)C(CNS(=O)(=O)c1ccc2oc(=O)ccc2c1)N1CCOCC1. The third kappa shape index (κ3) is 4.81. The van der Waals surface area contributed by atoms with E-state index in [0.717, 1.165) is 25.9 Å². The van der Waals surface area contributed by atoms with Gasteiger partial charge in [0.05, 0.1) is 18.1 Å². The summed E-state index contributed by atoms with van der Waals surface area (Å²) in [6.07, 6.45) is 1.99. The first kappa shape index (κ1) is 21.0. The molecule has 2 aromatic rings. The molecule has 1 aliphatic heterocycles. The van der Waals surface area contributed by atoms with Gasteiger partial charge in [0.25, 0.3) is 0 Å². The summed E-state index contributed by atoms with van der Waals surface area (Å²) in [6, 6.07) is 7.50. The molecule has 0 bridgehead atoms. The van der Waals surface area contributed by atoms with Gasteiger partial charge in [-0.3, -0.25) is 4.90 Å². The highest BCUT2D eigenvalue weighted by Crippen LogP contribution is 2.21. The van der Waals surface area contributed by atoms with E-state index in [-0.39, 0.29) is 10.9 Å². The first-order chi connectivity index (χ1) is 13.4. The minimum absolute atomic E-state index is 0.132. The van der Waals surface area contributed by atoms with Gasteiger partial charge in [0, 0.05) is 37.1 Å². The summed E-state index contributed by atoms with van der Waals surface area (Å²) in [4.78, 5) is 13.8. The van der Waals surface area contributed by atoms with Crippen LogP contribution < -0.4 is 10.3 Å². The Morgan fingerprint density at radius 1 is 1.11 bits per heavy atom. The van der Waals surface area contributed by atoms with Crippen molar-refractivity contribution in [3.8, 4) is 0 Å². The Balaban J connectivity index is 1.79. The predicted molar refractivity (Wildman–Crippen MR) is 108 cm³/mol. The third-order valence-electron chi connectivity index (χ3n) is 5.49. The van der Waals surface area contributed by atoms with Crippen molar-refractivity contribution in [3.63, 3.8) is 0 Å². The van der Waals surface area contributed by atoms with Crippen molar-refractivity contribution in [2.24, 2.45) is 5.92 Å². The summed E-state index contributed by atoms with van der Waals surface area (Å²) >= 11 is 0. The lowest BCUT2D eigenvalue weighted by Gasteiger charge is -2.38. The van der Waals surface area contributed by atoms with Gasteiger partial charge in [-0.15, -0.1) is 0 Å². The number of ether oxygens (including phenoxy) is 1. The lowest BCUT2D eigenvalue weighted by molar-refractivity contribution is 0.00297. The van der Waals surface area contributed by atoms with E-state index in [9.17, 15) is 13.2 Å². The van der Waals surface area contributed by atoms with Crippen molar-refractivity contribution in [1.29, 1.82) is 0 Å². The summed E-state index contributed by atoms with van der Waals surface area (Å²) in [5.74, 6) is 0.409. The number of nitrogens with zero attached hydrogens (tertiary/aromatic N) is 1. The van der Waals surface area contributed by atoms with Crippen LogP contribution in [0.1, 0.15) is 26.7 Å². The lowest BCUT2D eigenvalue weighted by Crippen LogP contribution is -2.52. The van der Waals surface area contributed by atoms with Crippen LogP contribution in [0.2, 0.25) is 0 Å². The first-order valence-corrected chi connectivity index (χ1v) is 11.3. The van der Waals surface area contributed by atoms with E-state index >= 15 is 0 Å². The quantitative estimate of drug-likeness (QED) is 0.674. The van der Waals surface area contributed by atoms with E-state index < -0.39 is 15.6 Å². The Labute approximate surface area is 165 Å². The van der Waals surface area contributed by atoms with Crippen molar-refractivity contribution in [2.45, 2.75) is 37.6 Å². The Bertz CT molecular complexity index is 946. The number of benzene rings is 1. The second kappa shape index (κ2) is 9.17. The van der Waals surface area contributed by atoms with Crippen LogP contribution in [-0.2, 0) is 14.8 Å². The minimum atomic E-state index is -3.67. The first-order valence-electron chi connectivity index (χ1n) is 9.80. The third-order valence-corrected chi connectivity index (χ3v) is 6.91. The summed E-state index contributed by atoms with van der Waals surface area (Å²) in [5, 5.41) is 0.576. The molecule has 0 saturated carbocycles. The molecule has 8 heteroatoms. The van der Waals surface area contributed by atoms with Gasteiger partial charge in [-0.2, -0.15) is 0 Å². The Kier molecular flexibility index (Phi) is 6.87. The van der Waals surface area contributed by atoms with Gasteiger partial charge >= 0.3 is 5.63 Å². The molecule has 1 aromatic carbocycles. The lowest BCUT2D eigenvalue weighted by atomic mass is 9.92. The zero-order valence-electron chi connectivity index (χ0n) is 16.4. The highest BCUT2D eigenvalue weighted by molar-refractivity contribution is 7.89. The van der Waals surface area contributed by atoms with Crippen molar-refractivity contribution < 1.29 is 17.6 Å². The van der Waals surface area contributed by atoms with Gasteiger partial charge in [-0.1, -0.05) is 26.7 Å². The van der Waals surface area contributed by atoms with Crippen LogP contribution in [0, 0.1) is 5.92 Å². The highest BCUT2D eigenvalue weighted by Gasteiger charge is 2.28. The molecule has 1 unspecified atom stereocenters. The van der Waals surface area contributed by atoms with Crippen LogP contribution in [0.5, 0.6) is 0 Å². The Morgan fingerprint density at radius 3 is 2.50 bits per heavy atom. The smallest absolute Gasteiger partial charge is 0.336 e. The van der Waals surface area contributed by atoms with Gasteiger partial charge in [0.2, 0.25) is 10.0 Å². The number of fused-ring (bicyclic) bond motifs is 1. The normalized spacial score (nSPS) is 17.2. The van der Waals surface area contributed by atoms with E-state index in [1.807, 2.05) is 0 Å². The van der Waals surface area contributed by atoms with E-state index in [4.69, 9.17) is 9.15 Å². The molecule has 1 atom stereocenters. The van der Waals surface area contributed by atoms with E-state index in [0.29, 0.717) is 36.6 Å². The molecule has 0 amide bonds. The summed E-state index contributed by atoms with van der Waals surface area (Å²) in [7, 11) is -3.67. The molecule has 1 aromatic heterocycles. The average Bonchev–Trinajstić information content (AvgIpc) is 2.71. The summed E-state index contributed by atoms with van der Waals surface area (Å²) in [6.45, 7) is 7.64. The van der Waals surface area contributed by atoms with Gasteiger partial charge in [-0.25, -0.2) is 17.9 Å². The second-order valence-electron chi connectivity index (χ2n) is 7.10. The maximum Gasteiger partial charge on any atom is 0.336 e. The van der Waals surface area contributed by atoms with Gasteiger partial charge < -0.3 is 9.15 Å². The molecule has 7 nitrogen and oxygen atoms in total. The molecule has 0 aliphatic carbocycles. The van der Waals surface area contributed by atoms with Crippen LogP contribution in [0.25, 0.3) is 11.0 Å². The molecule has 28 heavy (non-hydrogen) atoms. The number of rotatable bonds is 8. The van der Waals surface area contributed by atoms with Gasteiger partial charge in [-0.05, 0) is 30.2 Å². The Morgan fingerprint density at radius 2 is 1.82 bits per heavy atom. The van der Waals surface area contributed by atoms with Crippen molar-refractivity contribution in [1.82, 2.24) is 9.62 Å². The Hall–Kier alpha value is -1.74. The predicted octanol–water partition coefficient (Wildman–Crippen LogP) is 2.21. The summed E-state index contributed by atoms with van der Waals surface area (Å²) < 4.78 is 39.1. The zero-order valence-corrected chi connectivity index (χ0v) is 17.2. The van der Waals surface area contributed by atoms with Gasteiger partial charge in [0.1, 0.15) is 5.58 Å². The molecule has 3 rings (SSSR count). The molecule has 0 radical (unpaired) electrons. The van der Waals surface area contributed by atoms with E-state index in [2.05, 4.69) is 23.5 Å². The molecule has 1 fully saturated rings. The number of hydrogen-bond acceptors (Lipinski definition) is 6. The molecule has 2 heterocycles. The fourth-order valence-corrected chi connectivity index (χ4v) is 4.92. The van der Waals surface area contributed by atoms with Crippen molar-refractivity contribution in [3.05, 3.63) is 40.8 Å². The van der Waals surface area contributed by atoms with E-state index in [1.165, 1.54) is 24.3 Å². The van der Waals surface area contributed by atoms with Crippen LogP contribution in [-0.4, -0.2) is 52.2 Å². The molecule has 1 aliphatic rings. The van der Waals surface area contributed by atoms with E-state index in [1.54, 1.807) is 6.07 Å². The molecule has 1 saturated heterocycles. The highest BCUT2D eigenvalue weighted by atomic mass is 32.2. The van der Waals surface area contributed by atoms with Crippen LogP contribution in [0.3, 0.4) is 0 Å². The van der Waals surface area contributed by atoms with Crippen LogP contribution >= 0.6 is 0 Å². The van der Waals surface area contributed by atoms with Crippen LogP contribution in [0.15, 0.2) is 44.4 Å². The largest absolute Gasteiger partial charge is 0.423 e. The number of sulfonamides is 1. The molecule has 154 valence electrons. The van der Waals surface area contributed by atoms with Gasteiger partial charge in [0.15, 0.2) is 0 Å². The fraction of sp³-hybridized carbons (Fsp3) is 0.550. The second-order valence-corrected chi connectivity index (χ2v) is 8.87. The number of morpholine rings is 1. The molecular weight excluding hydrogens is 380 g/mol. The van der Waals surface area contributed by atoms with Crippen LogP contribution in [0.4, 0.5) is 0 Å². The fourth-order valence-electron chi connectivity index (χ4n) is 3.83. The maximum atomic E-state index is 12.9. The molecule has 1 N–H and O–H groups in total. The minimum Gasteiger partial charge on any atom is -0.423 e. The monoisotopic (exact) mass is 408 g/mol. The van der Waals surface area contributed by atoms with Crippen molar-refractivity contribution >= 4 is 21.0 Å². The molecule has 0 spiro atoms. The van der Waals surface area contributed by atoms with Crippen molar-refractivity contribution in [2.75, 3.05) is 32.8 Å². The topological polar surface area (TPSA) is 88.8 Å². The average molecular weight is 409 g/mol. The summed E-state index contributed by atoms with van der Waals surface area (Å²) in [5.41, 5.74) is -0.0885. The standard InChI is InChI=1S/C20H28N2O5S/c1-3-15(4-2)18(22-9-11-26-12-10-22)14-21-28(24,25)17-6-7-19-16(13-17)5-8-20(23)27-19/h5-8,13,15,18,21H,3-4,9-12,14H2,1-2H3. The zero-order chi connectivity index (χ0) is 20.1. The number of hydrogen-bond donors (Lipinski definition) is 1.